The van der Waals surface area contributed by atoms with Crippen molar-refractivity contribution >= 4 is 40.6 Å². The fourth-order valence-corrected chi connectivity index (χ4v) is 3.07. The average Bonchev–Trinajstić information content (AvgIpc) is 3.10. The molecule has 1 heterocycles. The Kier molecular flexibility index (Phi) is 5.67. The van der Waals surface area contributed by atoms with Crippen molar-refractivity contribution in [2.24, 2.45) is 0 Å². The molecule has 3 rings (SSSR count). The predicted molar refractivity (Wildman–Crippen MR) is 101 cm³/mol. The van der Waals surface area contributed by atoms with Crippen molar-refractivity contribution in [2.45, 2.75) is 12.1 Å². The van der Waals surface area contributed by atoms with Crippen LogP contribution in [0.4, 0.5) is 11.4 Å². The lowest BCUT2D eigenvalue weighted by Gasteiger charge is -2.07. The second-order valence-electron chi connectivity index (χ2n) is 5.47. The minimum absolute atomic E-state index is 0.0412. The molecular formula is C16H13ClN6O3S. The molecule has 0 radical (unpaired) electrons. The first-order chi connectivity index (χ1) is 12.9. The van der Waals surface area contributed by atoms with Crippen LogP contribution in [-0.4, -0.2) is 36.8 Å². The van der Waals surface area contributed by atoms with Gasteiger partial charge in [0.25, 0.3) is 5.69 Å². The minimum Gasteiger partial charge on any atom is -0.324 e. The van der Waals surface area contributed by atoms with Gasteiger partial charge < -0.3 is 5.32 Å². The molecule has 1 amide bonds. The Balaban J connectivity index is 1.64. The van der Waals surface area contributed by atoms with Crippen LogP contribution in [0.1, 0.15) is 5.56 Å². The van der Waals surface area contributed by atoms with Gasteiger partial charge in [-0.05, 0) is 35.5 Å². The number of rotatable bonds is 6. The minimum atomic E-state index is -0.557. The molecular weight excluding hydrogens is 392 g/mol. The monoisotopic (exact) mass is 404 g/mol. The average molecular weight is 405 g/mol. The molecule has 9 nitrogen and oxygen atoms in total. The molecule has 11 heteroatoms. The Morgan fingerprint density at radius 2 is 2.04 bits per heavy atom. The van der Waals surface area contributed by atoms with Gasteiger partial charge in [-0.25, -0.2) is 0 Å². The highest BCUT2D eigenvalue weighted by molar-refractivity contribution is 7.99. The summed E-state index contributed by atoms with van der Waals surface area (Å²) >= 11 is 7.13. The maximum Gasteiger partial charge on any atom is 0.271 e. The molecule has 2 aromatic carbocycles. The SMILES string of the molecule is Cc1ccc(-n2nnnc2SCC(=O)Nc2ccc([N+](=O)[O-])cc2Cl)cc1. The van der Waals surface area contributed by atoms with E-state index in [0.717, 1.165) is 23.0 Å². The van der Waals surface area contributed by atoms with Gasteiger partial charge in [0.2, 0.25) is 11.1 Å². The van der Waals surface area contributed by atoms with Crippen LogP contribution in [0, 0.1) is 17.0 Å². The number of carbonyl (C=O) groups is 1. The van der Waals surface area contributed by atoms with E-state index in [2.05, 4.69) is 20.8 Å². The number of carbonyl (C=O) groups excluding carboxylic acids is 1. The van der Waals surface area contributed by atoms with Gasteiger partial charge in [0.15, 0.2) is 0 Å². The highest BCUT2D eigenvalue weighted by Crippen LogP contribution is 2.27. The number of nitro benzene ring substituents is 1. The Labute approximate surface area is 162 Å². The number of tetrazole rings is 1. The van der Waals surface area contributed by atoms with E-state index in [-0.39, 0.29) is 22.4 Å². The van der Waals surface area contributed by atoms with Crippen molar-refractivity contribution in [1.29, 1.82) is 0 Å². The summed E-state index contributed by atoms with van der Waals surface area (Å²) in [5.74, 6) is -0.297. The standard InChI is InChI=1S/C16H13ClN6O3S/c1-10-2-4-11(5-3-10)22-16(19-20-21-22)27-9-15(24)18-14-7-6-12(23(25)26)8-13(14)17/h2-8H,9H2,1H3,(H,18,24). The highest BCUT2D eigenvalue weighted by atomic mass is 35.5. The molecule has 0 aliphatic heterocycles. The zero-order valence-electron chi connectivity index (χ0n) is 14.0. The Morgan fingerprint density at radius 3 is 2.70 bits per heavy atom. The van der Waals surface area contributed by atoms with Crippen LogP contribution in [0.2, 0.25) is 5.02 Å². The number of thioether (sulfide) groups is 1. The first-order valence-corrected chi connectivity index (χ1v) is 9.02. The van der Waals surface area contributed by atoms with E-state index in [1.54, 1.807) is 0 Å². The fourth-order valence-electron chi connectivity index (χ4n) is 2.15. The number of benzene rings is 2. The van der Waals surface area contributed by atoms with Gasteiger partial charge in [0, 0.05) is 12.1 Å². The van der Waals surface area contributed by atoms with Gasteiger partial charge in [-0.3, -0.25) is 14.9 Å². The van der Waals surface area contributed by atoms with Gasteiger partial charge in [-0.2, -0.15) is 4.68 Å². The topological polar surface area (TPSA) is 116 Å². The smallest absolute Gasteiger partial charge is 0.271 e. The number of anilines is 1. The molecule has 1 aromatic heterocycles. The number of nitrogens with zero attached hydrogens (tertiary/aromatic N) is 5. The molecule has 0 unspecified atom stereocenters. The fraction of sp³-hybridized carbons (Fsp3) is 0.125. The van der Waals surface area contributed by atoms with E-state index in [9.17, 15) is 14.9 Å². The molecule has 1 N–H and O–H groups in total. The number of nitrogens with one attached hydrogen (secondary N) is 1. The molecule has 138 valence electrons. The van der Waals surface area contributed by atoms with Crippen LogP contribution in [0.15, 0.2) is 47.6 Å². The van der Waals surface area contributed by atoms with Gasteiger partial charge >= 0.3 is 0 Å². The van der Waals surface area contributed by atoms with Crippen LogP contribution in [0.3, 0.4) is 0 Å². The van der Waals surface area contributed by atoms with Crippen molar-refractivity contribution in [3.8, 4) is 5.69 Å². The lowest BCUT2D eigenvalue weighted by atomic mass is 10.2. The number of hydrogen-bond donors (Lipinski definition) is 1. The Morgan fingerprint density at radius 1 is 1.30 bits per heavy atom. The van der Waals surface area contributed by atoms with E-state index in [1.165, 1.54) is 22.9 Å². The van der Waals surface area contributed by atoms with Gasteiger partial charge in [0.1, 0.15) is 0 Å². The van der Waals surface area contributed by atoms with Crippen LogP contribution >= 0.6 is 23.4 Å². The van der Waals surface area contributed by atoms with Gasteiger partial charge in [-0.15, -0.1) is 5.10 Å². The molecule has 27 heavy (non-hydrogen) atoms. The predicted octanol–water partition coefficient (Wildman–Crippen LogP) is 3.26. The Bertz CT molecular complexity index is 992. The maximum absolute atomic E-state index is 12.2. The van der Waals surface area contributed by atoms with Crippen molar-refractivity contribution in [3.05, 3.63) is 63.2 Å². The van der Waals surface area contributed by atoms with Crippen molar-refractivity contribution in [1.82, 2.24) is 20.2 Å². The number of nitro groups is 1. The quantitative estimate of drug-likeness (QED) is 0.380. The van der Waals surface area contributed by atoms with Crippen molar-refractivity contribution in [2.75, 3.05) is 11.1 Å². The number of hydrogen-bond acceptors (Lipinski definition) is 7. The number of halogens is 1. The largest absolute Gasteiger partial charge is 0.324 e. The molecule has 0 saturated heterocycles. The summed E-state index contributed by atoms with van der Waals surface area (Å²) in [5, 5.41) is 25.4. The summed E-state index contributed by atoms with van der Waals surface area (Å²) in [5.41, 5.74) is 2.04. The van der Waals surface area contributed by atoms with Crippen LogP contribution in [0.25, 0.3) is 5.69 Å². The molecule has 0 spiro atoms. The zero-order chi connectivity index (χ0) is 19.4. The molecule has 0 aliphatic rings. The number of aryl methyl sites for hydroxylation is 1. The highest BCUT2D eigenvalue weighted by Gasteiger charge is 2.14. The third kappa shape index (κ3) is 4.60. The maximum atomic E-state index is 12.2. The van der Waals surface area contributed by atoms with Crippen molar-refractivity contribution in [3.63, 3.8) is 0 Å². The summed E-state index contributed by atoms with van der Waals surface area (Å²) < 4.78 is 1.54. The summed E-state index contributed by atoms with van der Waals surface area (Å²) in [6.07, 6.45) is 0. The molecule has 0 bridgehead atoms. The first-order valence-electron chi connectivity index (χ1n) is 7.66. The van der Waals surface area contributed by atoms with Crippen LogP contribution < -0.4 is 5.32 Å². The van der Waals surface area contributed by atoms with Crippen LogP contribution in [-0.2, 0) is 4.79 Å². The van der Waals surface area contributed by atoms with Crippen LogP contribution in [0.5, 0.6) is 0 Å². The summed E-state index contributed by atoms with van der Waals surface area (Å²) in [6, 6.07) is 11.5. The Hall–Kier alpha value is -2.98. The number of aromatic nitrogens is 4. The lowest BCUT2D eigenvalue weighted by molar-refractivity contribution is -0.384. The second kappa shape index (κ2) is 8.14. The van der Waals surface area contributed by atoms with E-state index in [0.29, 0.717) is 10.8 Å². The number of amides is 1. The van der Waals surface area contributed by atoms with Gasteiger partial charge in [0.05, 0.1) is 27.1 Å². The second-order valence-corrected chi connectivity index (χ2v) is 6.82. The van der Waals surface area contributed by atoms with E-state index in [1.807, 2.05) is 31.2 Å². The van der Waals surface area contributed by atoms with Gasteiger partial charge in [-0.1, -0.05) is 41.1 Å². The summed E-state index contributed by atoms with van der Waals surface area (Å²) in [7, 11) is 0. The normalized spacial score (nSPS) is 10.6. The van der Waals surface area contributed by atoms with E-state index in [4.69, 9.17) is 11.6 Å². The molecule has 3 aromatic rings. The molecule has 0 atom stereocenters. The molecule has 0 aliphatic carbocycles. The number of non-ortho nitro benzene ring substituents is 1. The van der Waals surface area contributed by atoms with Crippen molar-refractivity contribution < 1.29 is 9.72 Å². The van der Waals surface area contributed by atoms with E-state index < -0.39 is 4.92 Å². The zero-order valence-corrected chi connectivity index (χ0v) is 15.6. The molecule has 0 fully saturated rings. The molecule has 0 saturated carbocycles. The van der Waals surface area contributed by atoms with E-state index >= 15 is 0 Å². The lowest BCUT2D eigenvalue weighted by Crippen LogP contribution is -2.15. The third-order valence-electron chi connectivity index (χ3n) is 3.49. The summed E-state index contributed by atoms with van der Waals surface area (Å²) in [6.45, 7) is 1.98. The third-order valence-corrected chi connectivity index (χ3v) is 4.72. The first kappa shape index (κ1) is 18.8. The summed E-state index contributed by atoms with van der Waals surface area (Å²) in [4.78, 5) is 22.3.